The Morgan fingerprint density at radius 2 is 1.95 bits per heavy atom. The van der Waals surface area contributed by atoms with Gasteiger partial charge in [-0.3, -0.25) is 4.98 Å². The molecule has 1 aromatic carbocycles. The minimum atomic E-state index is 0.217. The number of phenols is 1. The molecule has 4 heteroatoms. The van der Waals surface area contributed by atoms with Crippen LogP contribution in [0, 0.1) is 6.92 Å². The number of nitrogens with one attached hydrogen (secondary N) is 1. The van der Waals surface area contributed by atoms with Crippen molar-refractivity contribution in [1.82, 2.24) is 15.0 Å². The van der Waals surface area contributed by atoms with E-state index in [4.69, 9.17) is 0 Å². The second kappa shape index (κ2) is 4.57. The van der Waals surface area contributed by atoms with Gasteiger partial charge in [-0.25, -0.2) is 4.98 Å². The molecule has 0 aliphatic carbocycles. The molecule has 0 spiro atoms. The average molecular weight is 251 g/mol. The van der Waals surface area contributed by atoms with Gasteiger partial charge in [0.25, 0.3) is 0 Å². The number of phenolic OH excluding ortho intramolecular Hbond substituents is 1. The number of imidazole rings is 1. The van der Waals surface area contributed by atoms with Crippen LogP contribution in [-0.4, -0.2) is 20.1 Å². The highest BCUT2D eigenvalue weighted by atomic mass is 16.3. The van der Waals surface area contributed by atoms with E-state index < -0.39 is 0 Å². The van der Waals surface area contributed by atoms with E-state index in [1.807, 2.05) is 31.2 Å². The SMILES string of the molecule is Cc1[nH]c(-c2ccccc2O)nc1-c1cccnc1. The Bertz CT molecular complexity index is 704. The first-order valence-electron chi connectivity index (χ1n) is 6.01. The van der Waals surface area contributed by atoms with E-state index in [9.17, 15) is 5.11 Å². The standard InChI is InChI=1S/C15H13N3O/c1-10-14(11-5-4-8-16-9-11)18-15(17-10)12-6-2-3-7-13(12)19/h2-9,19H,1H3,(H,17,18). The lowest BCUT2D eigenvalue weighted by molar-refractivity contribution is 0.477. The molecule has 0 amide bonds. The number of aromatic hydroxyl groups is 1. The van der Waals surface area contributed by atoms with Gasteiger partial charge in [0.05, 0.1) is 11.3 Å². The second-order valence-electron chi connectivity index (χ2n) is 4.32. The Kier molecular flexibility index (Phi) is 2.76. The monoisotopic (exact) mass is 251 g/mol. The van der Waals surface area contributed by atoms with Crippen molar-refractivity contribution in [3.8, 4) is 28.4 Å². The van der Waals surface area contributed by atoms with Crippen molar-refractivity contribution in [3.63, 3.8) is 0 Å². The normalized spacial score (nSPS) is 10.6. The summed E-state index contributed by atoms with van der Waals surface area (Å²) >= 11 is 0. The number of hydrogen-bond donors (Lipinski definition) is 2. The van der Waals surface area contributed by atoms with Gasteiger partial charge in [0.15, 0.2) is 0 Å². The van der Waals surface area contributed by atoms with Gasteiger partial charge in [0.1, 0.15) is 11.6 Å². The van der Waals surface area contributed by atoms with Crippen molar-refractivity contribution in [2.24, 2.45) is 0 Å². The average Bonchev–Trinajstić information content (AvgIpc) is 2.82. The van der Waals surface area contributed by atoms with Crippen LogP contribution in [-0.2, 0) is 0 Å². The lowest BCUT2D eigenvalue weighted by Gasteiger charge is -1.99. The van der Waals surface area contributed by atoms with E-state index >= 15 is 0 Å². The Hall–Kier alpha value is -2.62. The maximum Gasteiger partial charge on any atom is 0.142 e. The van der Waals surface area contributed by atoms with Crippen molar-refractivity contribution in [2.45, 2.75) is 6.92 Å². The largest absolute Gasteiger partial charge is 0.507 e. The van der Waals surface area contributed by atoms with Crippen LogP contribution in [0.2, 0.25) is 0 Å². The van der Waals surface area contributed by atoms with Crippen molar-refractivity contribution in [1.29, 1.82) is 0 Å². The van der Waals surface area contributed by atoms with Crippen LogP contribution in [0.15, 0.2) is 48.8 Å². The van der Waals surface area contributed by atoms with E-state index in [1.165, 1.54) is 0 Å². The number of aryl methyl sites for hydroxylation is 1. The summed E-state index contributed by atoms with van der Waals surface area (Å²) in [7, 11) is 0. The first-order valence-corrected chi connectivity index (χ1v) is 6.01. The number of aromatic amines is 1. The quantitative estimate of drug-likeness (QED) is 0.735. The first kappa shape index (κ1) is 11.5. The van der Waals surface area contributed by atoms with Crippen LogP contribution in [0.3, 0.4) is 0 Å². The van der Waals surface area contributed by atoms with Crippen LogP contribution in [0.5, 0.6) is 5.75 Å². The summed E-state index contributed by atoms with van der Waals surface area (Å²) in [6, 6.07) is 11.0. The summed E-state index contributed by atoms with van der Waals surface area (Å²) in [4.78, 5) is 11.9. The Balaban J connectivity index is 2.10. The molecule has 0 aliphatic rings. The lowest BCUT2D eigenvalue weighted by atomic mass is 10.2. The molecule has 0 atom stereocenters. The van der Waals surface area contributed by atoms with E-state index in [0.29, 0.717) is 11.4 Å². The summed E-state index contributed by atoms with van der Waals surface area (Å²) in [5, 5.41) is 9.86. The number of aromatic nitrogens is 3. The Labute approximate surface area is 110 Å². The molecular weight excluding hydrogens is 238 g/mol. The molecule has 3 rings (SSSR count). The summed E-state index contributed by atoms with van der Waals surface area (Å²) in [5.74, 6) is 0.878. The Morgan fingerprint density at radius 1 is 1.11 bits per heavy atom. The molecule has 2 N–H and O–H groups in total. The molecule has 94 valence electrons. The third-order valence-corrected chi connectivity index (χ3v) is 2.98. The Morgan fingerprint density at radius 3 is 2.68 bits per heavy atom. The smallest absolute Gasteiger partial charge is 0.142 e. The number of hydrogen-bond acceptors (Lipinski definition) is 3. The van der Waals surface area contributed by atoms with E-state index in [2.05, 4.69) is 15.0 Å². The van der Waals surface area contributed by atoms with Gasteiger partial charge in [-0.1, -0.05) is 12.1 Å². The molecule has 0 saturated carbocycles. The van der Waals surface area contributed by atoms with E-state index in [-0.39, 0.29) is 5.75 Å². The predicted molar refractivity (Wildman–Crippen MR) is 73.7 cm³/mol. The van der Waals surface area contributed by atoms with Crippen molar-refractivity contribution in [3.05, 3.63) is 54.5 Å². The molecule has 2 heterocycles. The van der Waals surface area contributed by atoms with Crippen LogP contribution >= 0.6 is 0 Å². The number of pyridine rings is 1. The van der Waals surface area contributed by atoms with Crippen LogP contribution in [0.4, 0.5) is 0 Å². The van der Waals surface area contributed by atoms with Gasteiger partial charge < -0.3 is 10.1 Å². The molecule has 0 unspecified atom stereocenters. The molecule has 3 aromatic rings. The van der Waals surface area contributed by atoms with Crippen LogP contribution in [0.1, 0.15) is 5.69 Å². The number of nitrogens with zero attached hydrogens (tertiary/aromatic N) is 2. The molecule has 19 heavy (non-hydrogen) atoms. The van der Waals surface area contributed by atoms with Gasteiger partial charge in [-0.15, -0.1) is 0 Å². The summed E-state index contributed by atoms with van der Waals surface area (Å²) in [6.45, 7) is 1.96. The molecule has 2 aromatic heterocycles. The number of benzene rings is 1. The summed E-state index contributed by atoms with van der Waals surface area (Å²) in [5.41, 5.74) is 3.45. The topological polar surface area (TPSA) is 61.8 Å². The van der Waals surface area contributed by atoms with E-state index in [1.54, 1.807) is 24.5 Å². The molecule has 0 aliphatic heterocycles. The molecule has 0 fully saturated rings. The zero-order valence-corrected chi connectivity index (χ0v) is 10.5. The van der Waals surface area contributed by atoms with Crippen LogP contribution < -0.4 is 0 Å². The number of rotatable bonds is 2. The lowest BCUT2D eigenvalue weighted by Crippen LogP contribution is -1.82. The van der Waals surface area contributed by atoms with Gasteiger partial charge in [-0.05, 0) is 31.2 Å². The fourth-order valence-electron chi connectivity index (χ4n) is 2.05. The van der Waals surface area contributed by atoms with Gasteiger partial charge in [0, 0.05) is 23.7 Å². The van der Waals surface area contributed by atoms with Gasteiger partial charge >= 0.3 is 0 Å². The van der Waals surface area contributed by atoms with E-state index in [0.717, 1.165) is 17.0 Å². The molecule has 4 nitrogen and oxygen atoms in total. The van der Waals surface area contributed by atoms with Gasteiger partial charge in [0.2, 0.25) is 0 Å². The highest BCUT2D eigenvalue weighted by Crippen LogP contribution is 2.29. The summed E-state index contributed by atoms with van der Waals surface area (Å²) in [6.07, 6.45) is 3.51. The number of para-hydroxylation sites is 1. The summed E-state index contributed by atoms with van der Waals surface area (Å²) < 4.78 is 0. The fourth-order valence-corrected chi connectivity index (χ4v) is 2.05. The third kappa shape index (κ3) is 2.08. The maximum absolute atomic E-state index is 9.86. The van der Waals surface area contributed by atoms with Crippen molar-refractivity contribution < 1.29 is 5.11 Å². The minimum absolute atomic E-state index is 0.217. The second-order valence-corrected chi connectivity index (χ2v) is 4.32. The first-order chi connectivity index (χ1) is 9.25. The molecule has 0 bridgehead atoms. The predicted octanol–water partition coefficient (Wildman–Crippen LogP) is 3.15. The zero-order valence-electron chi connectivity index (χ0n) is 10.5. The highest BCUT2D eigenvalue weighted by Gasteiger charge is 2.12. The van der Waals surface area contributed by atoms with Gasteiger partial charge in [-0.2, -0.15) is 0 Å². The van der Waals surface area contributed by atoms with Crippen molar-refractivity contribution in [2.75, 3.05) is 0 Å². The zero-order chi connectivity index (χ0) is 13.2. The third-order valence-electron chi connectivity index (χ3n) is 2.98. The molecule has 0 radical (unpaired) electrons. The maximum atomic E-state index is 9.86. The molecular formula is C15H13N3O. The minimum Gasteiger partial charge on any atom is -0.507 e. The number of H-pyrrole nitrogens is 1. The van der Waals surface area contributed by atoms with Crippen molar-refractivity contribution >= 4 is 0 Å². The van der Waals surface area contributed by atoms with Crippen LogP contribution in [0.25, 0.3) is 22.6 Å². The molecule has 0 saturated heterocycles. The fraction of sp³-hybridized carbons (Fsp3) is 0.0667. The highest BCUT2D eigenvalue weighted by molar-refractivity contribution is 5.69.